The minimum atomic E-state index is -0.535. The molecular formula is C14H25NO4. The molecule has 0 aromatic carbocycles. The number of carbonyl (C=O) groups is 2. The highest BCUT2D eigenvalue weighted by molar-refractivity contribution is 5.91. The summed E-state index contributed by atoms with van der Waals surface area (Å²) in [6.45, 7) is 10.4. The van der Waals surface area contributed by atoms with E-state index < -0.39 is 17.6 Å². The van der Waals surface area contributed by atoms with Crippen molar-refractivity contribution in [3.63, 3.8) is 0 Å². The number of ether oxygens (including phenoxy) is 2. The molecule has 0 aromatic rings. The lowest BCUT2D eigenvalue weighted by atomic mass is 9.82. The molecule has 1 saturated heterocycles. The number of hydrogen-bond donors (Lipinski definition) is 1. The maximum Gasteiger partial charge on any atom is 0.408 e. The van der Waals surface area contributed by atoms with Crippen molar-refractivity contribution in [1.29, 1.82) is 0 Å². The van der Waals surface area contributed by atoms with Gasteiger partial charge in [0.15, 0.2) is 5.78 Å². The molecule has 0 radical (unpaired) electrons. The van der Waals surface area contributed by atoms with Crippen LogP contribution in [0.25, 0.3) is 0 Å². The molecule has 5 heteroatoms. The fourth-order valence-electron chi connectivity index (χ4n) is 1.92. The first kappa shape index (κ1) is 16.0. The van der Waals surface area contributed by atoms with Crippen LogP contribution in [0, 0.1) is 11.3 Å². The molecule has 1 rings (SSSR count). The molecule has 0 bridgehead atoms. The highest BCUT2D eigenvalue weighted by Gasteiger charge is 2.33. The Labute approximate surface area is 115 Å². The van der Waals surface area contributed by atoms with Crippen molar-refractivity contribution in [3.05, 3.63) is 0 Å². The quantitative estimate of drug-likeness (QED) is 0.851. The van der Waals surface area contributed by atoms with Crippen LogP contribution in [0.4, 0.5) is 4.79 Å². The largest absolute Gasteiger partial charge is 0.444 e. The van der Waals surface area contributed by atoms with E-state index in [9.17, 15) is 9.59 Å². The van der Waals surface area contributed by atoms with E-state index in [0.29, 0.717) is 19.6 Å². The van der Waals surface area contributed by atoms with E-state index in [1.54, 1.807) is 0 Å². The van der Waals surface area contributed by atoms with Crippen LogP contribution in [-0.2, 0) is 14.3 Å². The number of alkyl carbamates (subject to hydrolysis) is 1. The lowest BCUT2D eigenvalue weighted by Gasteiger charge is -2.28. The molecule has 1 heterocycles. The Balaban J connectivity index is 2.58. The monoisotopic (exact) mass is 271 g/mol. The number of carbonyl (C=O) groups excluding carboxylic acids is 2. The standard InChI is InChI=1S/C14H25NO4/c1-9(2)11(12(16)14(3,4)5)15-13(17)19-10-6-7-18-8-10/h9-11H,6-8H2,1-5H3,(H,15,17)/t10-,11+/m1/s1. The van der Waals surface area contributed by atoms with Crippen LogP contribution in [0.5, 0.6) is 0 Å². The average Bonchev–Trinajstić information content (AvgIpc) is 2.76. The van der Waals surface area contributed by atoms with Gasteiger partial charge in [-0.15, -0.1) is 0 Å². The van der Waals surface area contributed by atoms with Crippen molar-refractivity contribution in [2.24, 2.45) is 11.3 Å². The van der Waals surface area contributed by atoms with E-state index in [4.69, 9.17) is 9.47 Å². The van der Waals surface area contributed by atoms with Gasteiger partial charge in [0.2, 0.25) is 0 Å². The Morgan fingerprint density at radius 2 is 1.95 bits per heavy atom. The van der Waals surface area contributed by atoms with Gasteiger partial charge in [-0.3, -0.25) is 4.79 Å². The summed E-state index contributed by atoms with van der Waals surface area (Å²) < 4.78 is 10.4. The Kier molecular flexibility index (Phi) is 5.35. The smallest absolute Gasteiger partial charge is 0.408 e. The summed E-state index contributed by atoms with van der Waals surface area (Å²) in [4.78, 5) is 24.1. The second-order valence-electron chi connectivity index (χ2n) is 6.37. The van der Waals surface area contributed by atoms with E-state index in [-0.39, 0.29) is 17.8 Å². The molecule has 0 saturated carbocycles. The summed E-state index contributed by atoms with van der Waals surface area (Å²) in [5.74, 6) is 0.0428. The number of hydrogen-bond acceptors (Lipinski definition) is 4. The fourth-order valence-corrected chi connectivity index (χ4v) is 1.92. The third kappa shape index (κ3) is 4.82. The van der Waals surface area contributed by atoms with Gasteiger partial charge in [-0.1, -0.05) is 34.6 Å². The normalized spacial score (nSPS) is 21.3. The van der Waals surface area contributed by atoms with Crippen LogP contribution in [0.2, 0.25) is 0 Å². The van der Waals surface area contributed by atoms with Gasteiger partial charge in [0.25, 0.3) is 0 Å². The van der Waals surface area contributed by atoms with Gasteiger partial charge in [-0.25, -0.2) is 4.79 Å². The van der Waals surface area contributed by atoms with Crippen molar-refractivity contribution < 1.29 is 19.1 Å². The minimum Gasteiger partial charge on any atom is -0.444 e. The second-order valence-corrected chi connectivity index (χ2v) is 6.37. The molecule has 1 aliphatic rings. The zero-order chi connectivity index (χ0) is 14.6. The highest BCUT2D eigenvalue weighted by Crippen LogP contribution is 2.20. The first-order chi connectivity index (χ1) is 8.71. The molecule has 0 aliphatic carbocycles. The van der Waals surface area contributed by atoms with Gasteiger partial charge in [-0.05, 0) is 5.92 Å². The van der Waals surface area contributed by atoms with Gasteiger partial charge in [0.05, 0.1) is 19.3 Å². The number of ketones is 1. The summed E-state index contributed by atoms with van der Waals surface area (Å²) in [5, 5.41) is 2.68. The predicted octanol–water partition coefficient (Wildman–Crippen LogP) is 2.14. The zero-order valence-corrected chi connectivity index (χ0v) is 12.5. The summed E-state index contributed by atoms with van der Waals surface area (Å²) in [6, 6.07) is -0.519. The maximum absolute atomic E-state index is 12.3. The van der Waals surface area contributed by atoms with E-state index >= 15 is 0 Å². The van der Waals surface area contributed by atoms with Crippen molar-refractivity contribution in [2.75, 3.05) is 13.2 Å². The lowest BCUT2D eigenvalue weighted by Crippen LogP contribution is -2.49. The van der Waals surface area contributed by atoms with Crippen LogP contribution in [0.3, 0.4) is 0 Å². The molecular weight excluding hydrogens is 246 g/mol. The van der Waals surface area contributed by atoms with Crippen LogP contribution in [0.1, 0.15) is 41.0 Å². The SMILES string of the molecule is CC(C)[C@H](NC(=O)O[C@@H]1CCOC1)C(=O)C(C)(C)C. The average molecular weight is 271 g/mol. The first-order valence-electron chi connectivity index (χ1n) is 6.81. The van der Waals surface area contributed by atoms with Crippen LogP contribution < -0.4 is 5.32 Å². The number of nitrogens with one attached hydrogen (secondary N) is 1. The Morgan fingerprint density at radius 3 is 2.37 bits per heavy atom. The molecule has 1 fully saturated rings. The second kappa shape index (κ2) is 6.37. The summed E-state index contributed by atoms with van der Waals surface area (Å²) in [6.07, 6.45) is -0.0168. The Morgan fingerprint density at radius 1 is 1.32 bits per heavy atom. The zero-order valence-electron chi connectivity index (χ0n) is 12.5. The van der Waals surface area contributed by atoms with Crippen LogP contribution >= 0.6 is 0 Å². The van der Waals surface area contributed by atoms with E-state index in [1.165, 1.54) is 0 Å². The predicted molar refractivity (Wildman–Crippen MR) is 71.9 cm³/mol. The third-order valence-electron chi connectivity index (χ3n) is 3.12. The third-order valence-corrected chi connectivity index (χ3v) is 3.12. The molecule has 19 heavy (non-hydrogen) atoms. The van der Waals surface area contributed by atoms with Crippen LogP contribution in [0.15, 0.2) is 0 Å². The van der Waals surface area contributed by atoms with Crippen LogP contribution in [-0.4, -0.2) is 37.2 Å². The topological polar surface area (TPSA) is 64.6 Å². The van der Waals surface area contributed by atoms with Gasteiger partial charge >= 0.3 is 6.09 Å². The van der Waals surface area contributed by atoms with Gasteiger partial charge in [0.1, 0.15) is 6.10 Å². The first-order valence-corrected chi connectivity index (χ1v) is 6.81. The minimum absolute atomic E-state index is 0.0159. The molecule has 110 valence electrons. The van der Waals surface area contributed by atoms with E-state index in [0.717, 1.165) is 0 Å². The van der Waals surface area contributed by atoms with Gasteiger partial charge in [0, 0.05) is 11.8 Å². The lowest BCUT2D eigenvalue weighted by molar-refractivity contribution is -0.129. The Hall–Kier alpha value is -1.10. The van der Waals surface area contributed by atoms with Crippen molar-refractivity contribution >= 4 is 11.9 Å². The van der Waals surface area contributed by atoms with Gasteiger partial charge < -0.3 is 14.8 Å². The van der Waals surface area contributed by atoms with E-state index in [1.807, 2.05) is 34.6 Å². The van der Waals surface area contributed by atoms with Crippen molar-refractivity contribution in [3.8, 4) is 0 Å². The van der Waals surface area contributed by atoms with Gasteiger partial charge in [-0.2, -0.15) is 0 Å². The molecule has 5 nitrogen and oxygen atoms in total. The number of rotatable bonds is 4. The maximum atomic E-state index is 12.3. The summed E-state index contributed by atoms with van der Waals surface area (Å²) in [5.41, 5.74) is -0.487. The van der Waals surface area contributed by atoms with Crippen molar-refractivity contribution in [1.82, 2.24) is 5.32 Å². The summed E-state index contributed by atoms with van der Waals surface area (Å²) in [7, 11) is 0. The molecule has 0 aromatic heterocycles. The highest BCUT2D eigenvalue weighted by atomic mass is 16.6. The molecule has 1 N–H and O–H groups in total. The Bertz CT molecular complexity index is 327. The number of Topliss-reactive ketones (excluding diaryl/α,β-unsaturated/α-hetero) is 1. The number of amides is 1. The van der Waals surface area contributed by atoms with E-state index in [2.05, 4.69) is 5.32 Å². The molecule has 0 unspecified atom stereocenters. The summed E-state index contributed by atoms with van der Waals surface area (Å²) >= 11 is 0. The molecule has 2 atom stereocenters. The fraction of sp³-hybridized carbons (Fsp3) is 0.857. The molecule has 0 spiro atoms. The van der Waals surface area contributed by atoms with Crippen molar-refractivity contribution in [2.45, 2.75) is 53.2 Å². The molecule has 1 aliphatic heterocycles. The molecule has 1 amide bonds.